The number of benzene rings is 1. The molecule has 1 unspecified atom stereocenters. The summed E-state index contributed by atoms with van der Waals surface area (Å²) in [7, 11) is 0. The van der Waals surface area contributed by atoms with Crippen molar-refractivity contribution in [2.24, 2.45) is 0 Å². The molecule has 43 heavy (non-hydrogen) atoms. The zero-order valence-corrected chi connectivity index (χ0v) is 28.2. The van der Waals surface area contributed by atoms with E-state index in [1.54, 1.807) is 6.92 Å². The molecule has 1 aromatic rings. The van der Waals surface area contributed by atoms with Gasteiger partial charge >= 0.3 is 11.9 Å². The molecule has 0 bridgehead atoms. The predicted octanol–water partition coefficient (Wildman–Crippen LogP) is 9.72. The maximum absolute atomic E-state index is 13.5. The van der Waals surface area contributed by atoms with Gasteiger partial charge in [-0.2, -0.15) is 0 Å². The molecule has 1 aromatic carbocycles. The minimum atomic E-state index is -1.03. The van der Waals surface area contributed by atoms with Crippen LogP contribution in [0.4, 0.5) is 0 Å². The summed E-state index contributed by atoms with van der Waals surface area (Å²) in [5.74, 6) is -1.63. The van der Waals surface area contributed by atoms with Crippen molar-refractivity contribution in [1.29, 1.82) is 0 Å². The molecule has 0 saturated heterocycles. The molecule has 0 radical (unpaired) electrons. The molecule has 6 nitrogen and oxygen atoms in total. The summed E-state index contributed by atoms with van der Waals surface area (Å²) in [6.45, 7) is 14.4. The lowest BCUT2D eigenvalue weighted by Gasteiger charge is -2.40. The molecule has 0 aromatic heterocycles. The summed E-state index contributed by atoms with van der Waals surface area (Å²) in [5.41, 5.74) is 3.80. The molecule has 0 aliphatic carbocycles. The fraction of sp³-hybridized carbons (Fsp3) is 0.676. The number of carbonyl (C=O) groups is 2. The van der Waals surface area contributed by atoms with E-state index < -0.39 is 17.9 Å². The number of nitrogens with zero attached hydrogens (tertiary/aromatic N) is 1. The Kier molecular flexibility index (Phi) is 16.5. The third-order valence-electron chi connectivity index (χ3n) is 8.62. The molecule has 6 heteroatoms. The third kappa shape index (κ3) is 10.4. The Morgan fingerprint density at radius 2 is 1.33 bits per heavy atom. The number of ether oxygens (including phenoxy) is 2. The van der Waals surface area contributed by atoms with Gasteiger partial charge in [-0.1, -0.05) is 96.1 Å². The summed E-state index contributed by atoms with van der Waals surface area (Å²) in [6.07, 6.45) is 17.6. The van der Waals surface area contributed by atoms with Crippen LogP contribution in [-0.2, 0) is 20.7 Å². The van der Waals surface area contributed by atoms with E-state index in [0.717, 1.165) is 36.1 Å². The van der Waals surface area contributed by atoms with E-state index in [0.29, 0.717) is 23.6 Å². The smallest absolute Gasteiger partial charge is 0.336 e. The van der Waals surface area contributed by atoms with Gasteiger partial charge < -0.3 is 19.5 Å². The van der Waals surface area contributed by atoms with Crippen LogP contribution >= 0.6 is 0 Å². The van der Waals surface area contributed by atoms with Crippen molar-refractivity contribution in [3.63, 3.8) is 0 Å². The molecule has 1 N–H and O–H groups in total. The van der Waals surface area contributed by atoms with Crippen molar-refractivity contribution in [3.05, 3.63) is 51.9 Å². The number of hydrogen-bond acceptors (Lipinski definition) is 5. The normalized spacial score (nSPS) is 15.4. The van der Waals surface area contributed by atoms with Crippen molar-refractivity contribution in [2.75, 3.05) is 13.2 Å². The standard InChI is InChI=1S/C37H59NO5/c1-8-11-12-13-14-15-16-17-18-19-20-21-22-24-30-25-23-26-31(42-9-2)34(30)35-32(36(39)40)28(6)38(27(4)5)29(7)33(35)37(41)43-10-3/h23,25-27,35H,8-22,24H2,1-7H3,(H,39,40). The zero-order chi connectivity index (χ0) is 31.8. The molecule has 1 atom stereocenters. The van der Waals surface area contributed by atoms with E-state index >= 15 is 0 Å². The summed E-state index contributed by atoms with van der Waals surface area (Å²) >= 11 is 0. The SMILES string of the molecule is CCCCCCCCCCCCCCCc1cccc(OCC)c1C1C(C(=O)O)=C(C)N(C(C)C)C(C)=C1C(=O)OCC. The van der Waals surface area contributed by atoms with Crippen LogP contribution in [0.15, 0.2) is 40.7 Å². The number of aryl methyl sites for hydroxylation is 1. The second-order valence-electron chi connectivity index (χ2n) is 12.2. The zero-order valence-electron chi connectivity index (χ0n) is 28.2. The van der Waals surface area contributed by atoms with Crippen molar-refractivity contribution in [2.45, 2.75) is 150 Å². The van der Waals surface area contributed by atoms with Crippen LogP contribution in [0.5, 0.6) is 5.75 Å². The van der Waals surface area contributed by atoms with E-state index in [1.165, 1.54) is 70.6 Å². The van der Waals surface area contributed by atoms with Gasteiger partial charge in [-0.15, -0.1) is 0 Å². The van der Waals surface area contributed by atoms with E-state index in [4.69, 9.17) is 9.47 Å². The first kappa shape index (κ1) is 36.4. The largest absolute Gasteiger partial charge is 0.494 e. The predicted molar refractivity (Wildman–Crippen MR) is 176 cm³/mol. The Labute approximate surface area is 261 Å². The molecule has 0 amide bonds. The summed E-state index contributed by atoms with van der Waals surface area (Å²) in [6, 6.07) is 5.92. The maximum Gasteiger partial charge on any atom is 0.336 e. The summed E-state index contributed by atoms with van der Waals surface area (Å²) in [5, 5.41) is 10.6. The highest BCUT2D eigenvalue weighted by molar-refractivity contribution is 5.99. The van der Waals surface area contributed by atoms with Gasteiger partial charge in [-0.05, 0) is 66.0 Å². The van der Waals surface area contributed by atoms with Gasteiger partial charge in [0.05, 0.1) is 30.3 Å². The molecule has 1 heterocycles. The number of carbonyl (C=O) groups excluding carboxylic acids is 1. The van der Waals surface area contributed by atoms with Gasteiger partial charge in [0.2, 0.25) is 0 Å². The van der Waals surface area contributed by atoms with E-state index in [2.05, 4.69) is 13.0 Å². The number of carboxylic acid groups (broad SMARTS) is 1. The first-order valence-electron chi connectivity index (χ1n) is 17.1. The van der Waals surface area contributed by atoms with Crippen LogP contribution in [0, 0.1) is 0 Å². The first-order valence-corrected chi connectivity index (χ1v) is 17.1. The topological polar surface area (TPSA) is 76.1 Å². The molecular weight excluding hydrogens is 538 g/mol. The van der Waals surface area contributed by atoms with Crippen molar-refractivity contribution in [1.82, 2.24) is 4.90 Å². The second kappa shape index (κ2) is 19.5. The van der Waals surface area contributed by atoms with Crippen LogP contribution < -0.4 is 4.74 Å². The molecule has 2 rings (SSSR count). The van der Waals surface area contributed by atoms with Crippen molar-refractivity contribution >= 4 is 11.9 Å². The lowest BCUT2D eigenvalue weighted by Crippen LogP contribution is -2.38. The average Bonchev–Trinajstić information content (AvgIpc) is 2.95. The number of unbranched alkanes of at least 4 members (excludes halogenated alkanes) is 12. The monoisotopic (exact) mass is 597 g/mol. The molecular formula is C37H59NO5. The number of hydrogen-bond donors (Lipinski definition) is 1. The first-order chi connectivity index (χ1) is 20.7. The fourth-order valence-electron chi connectivity index (χ4n) is 6.64. The van der Waals surface area contributed by atoms with Crippen molar-refractivity contribution in [3.8, 4) is 5.75 Å². The lowest BCUT2D eigenvalue weighted by atomic mass is 9.76. The number of aliphatic carboxylic acids is 1. The van der Waals surface area contributed by atoms with Gasteiger partial charge in [0, 0.05) is 23.0 Å². The number of esters is 1. The second-order valence-corrected chi connectivity index (χ2v) is 12.2. The highest BCUT2D eigenvalue weighted by Gasteiger charge is 2.42. The highest BCUT2D eigenvalue weighted by Crippen LogP contribution is 2.47. The Morgan fingerprint density at radius 1 is 0.791 bits per heavy atom. The van der Waals surface area contributed by atoms with Crippen LogP contribution in [-0.4, -0.2) is 41.2 Å². The Hall–Kier alpha value is -2.76. The molecule has 1 aliphatic rings. The van der Waals surface area contributed by atoms with Crippen molar-refractivity contribution < 1.29 is 24.2 Å². The molecule has 0 saturated carbocycles. The molecule has 0 spiro atoms. The van der Waals surface area contributed by atoms with Crippen LogP contribution in [0.2, 0.25) is 0 Å². The molecule has 242 valence electrons. The Balaban J connectivity index is 2.24. The third-order valence-corrected chi connectivity index (χ3v) is 8.62. The Morgan fingerprint density at radius 3 is 1.81 bits per heavy atom. The fourth-order valence-corrected chi connectivity index (χ4v) is 6.64. The summed E-state index contributed by atoms with van der Waals surface area (Å²) in [4.78, 5) is 28.4. The minimum Gasteiger partial charge on any atom is -0.494 e. The van der Waals surface area contributed by atoms with Gasteiger partial charge in [-0.25, -0.2) is 9.59 Å². The number of allylic oxidation sites excluding steroid dienone is 2. The maximum atomic E-state index is 13.5. The average molecular weight is 598 g/mol. The van der Waals surface area contributed by atoms with Gasteiger partial charge in [0.25, 0.3) is 0 Å². The Bertz CT molecular complexity index is 1090. The van der Waals surface area contributed by atoms with Gasteiger partial charge in [-0.3, -0.25) is 0 Å². The molecule has 1 aliphatic heterocycles. The van der Waals surface area contributed by atoms with Crippen LogP contribution in [0.3, 0.4) is 0 Å². The van der Waals surface area contributed by atoms with Gasteiger partial charge in [0.15, 0.2) is 0 Å². The van der Waals surface area contributed by atoms with Gasteiger partial charge in [0.1, 0.15) is 5.75 Å². The van der Waals surface area contributed by atoms with E-state index in [1.807, 2.05) is 51.7 Å². The van der Waals surface area contributed by atoms with Crippen LogP contribution in [0.25, 0.3) is 0 Å². The van der Waals surface area contributed by atoms with E-state index in [-0.39, 0.29) is 18.2 Å². The number of rotatable bonds is 21. The lowest BCUT2D eigenvalue weighted by molar-refractivity contribution is -0.139. The van der Waals surface area contributed by atoms with E-state index in [9.17, 15) is 14.7 Å². The minimum absolute atomic E-state index is 0.0212. The molecule has 0 fully saturated rings. The number of carboxylic acids is 1. The quantitative estimate of drug-likeness (QED) is 0.112. The highest BCUT2D eigenvalue weighted by atomic mass is 16.5. The van der Waals surface area contributed by atoms with Crippen LogP contribution in [0.1, 0.15) is 149 Å². The summed E-state index contributed by atoms with van der Waals surface area (Å²) < 4.78 is 11.6.